The largest absolute Gasteiger partial charge is 0.299 e. The molecule has 0 aliphatic rings. The molecule has 0 atom stereocenters. The second-order valence-corrected chi connectivity index (χ2v) is 5.00. The van der Waals surface area contributed by atoms with Crippen molar-refractivity contribution < 1.29 is 4.39 Å². The smallest absolute Gasteiger partial charge is 0.274 e. The van der Waals surface area contributed by atoms with Crippen molar-refractivity contribution in [3.63, 3.8) is 0 Å². The van der Waals surface area contributed by atoms with Crippen LogP contribution in [0.4, 0.5) is 4.39 Å². The molecule has 0 spiro atoms. The third-order valence-electron chi connectivity index (χ3n) is 3.45. The molecule has 0 saturated heterocycles. The number of hydrogen-bond acceptors (Lipinski definition) is 1. The van der Waals surface area contributed by atoms with Crippen molar-refractivity contribution in [2.24, 2.45) is 0 Å². The van der Waals surface area contributed by atoms with Crippen LogP contribution in [0.3, 0.4) is 0 Å². The SMILES string of the molecule is Cc1[nH]n(Cc2ccc(F)cc2)c(=O)c1-c1ccccc1. The van der Waals surface area contributed by atoms with Gasteiger partial charge in [0.1, 0.15) is 5.82 Å². The quantitative estimate of drug-likeness (QED) is 0.786. The number of benzene rings is 2. The first-order valence-corrected chi connectivity index (χ1v) is 6.74. The molecule has 0 amide bonds. The van der Waals surface area contributed by atoms with Crippen LogP contribution in [-0.4, -0.2) is 9.78 Å². The number of aromatic nitrogens is 2. The van der Waals surface area contributed by atoms with E-state index < -0.39 is 0 Å². The van der Waals surface area contributed by atoms with Crippen molar-refractivity contribution in [1.29, 1.82) is 0 Å². The van der Waals surface area contributed by atoms with E-state index in [1.807, 2.05) is 37.3 Å². The Morgan fingerprint density at radius 1 is 1.05 bits per heavy atom. The molecule has 3 rings (SSSR count). The van der Waals surface area contributed by atoms with Crippen molar-refractivity contribution >= 4 is 0 Å². The molecule has 3 nitrogen and oxygen atoms in total. The minimum Gasteiger partial charge on any atom is -0.299 e. The highest BCUT2D eigenvalue weighted by molar-refractivity contribution is 5.64. The topological polar surface area (TPSA) is 37.8 Å². The van der Waals surface area contributed by atoms with E-state index in [4.69, 9.17) is 0 Å². The van der Waals surface area contributed by atoms with E-state index in [-0.39, 0.29) is 11.4 Å². The highest BCUT2D eigenvalue weighted by Gasteiger charge is 2.12. The number of aryl methyl sites for hydroxylation is 1. The summed E-state index contributed by atoms with van der Waals surface area (Å²) in [6, 6.07) is 15.7. The van der Waals surface area contributed by atoms with Crippen molar-refractivity contribution in [1.82, 2.24) is 9.78 Å². The third-order valence-corrected chi connectivity index (χ3v) is 3.45. The molecule has 1 N–H and O–H groups in total. The number of H-pyrrole nitrogens is 1. The fraction of sp³-hybridized carbons (Fsp3) is 0.118. The van der Waals surface area contributed by atoms with Gasteiger partial charge in [-0.15, -0.1) is 0 Å². The summed E-state index contributed by atoms with van der Waals surface area (Å²) in [5.41, 5.74) is 3.21. The van der Waals surface area contributed by atoms with Gasteiger partial charge < -0.3 is 0 Å². The summed E-state index contributed by atoms with van der Waals surface area (Å²) in [6.07, 6.45) is 0. The first-order valence-electron chi connectivity index (χ1n) is 6.74. The van der Waals surface area contributed by atoms with E-state index >= 15 is 0 Å². The summed E-state index contributed by atoms with van der Waals surface area (Å²) in [4.78, 5) is 12.5. The summed E-state index contributed by atoms with van der Waals surface area (Å²) in [6.45, 7) is 2.28. The Hall–Kier alpha value is -2.62. The minimum absolute atomic E-state index is 0.0666. The van der Waals surface area contributed by atoms with Gasteiger partial charge >= 0.3 is 0 Å². The van der Waals surface area contributed by atoms with Crippen LogP contribution < -0.4 is 5.56 Å². The zero-order valence-corrected chi connectivity index (χ0v) is 11.6. The molecule has 0 radical (unpaired) electrons. The highest BCUT2D eigenvalue weighted by Crippen LogP contribution is 2.18. The molecule has 0 fully saturated rings. The molecule has 2 aromatic carbocycles. The van der Waals surface area contributed by atoms with Crippen molar-refractivity contribution in [2.75, 3.05) is 0 Å². The normalized spacial score (nSPS) is 10.8. The summed E-state index contributed by atoms with van der Waals surface area (Å²) >= 11 is 0. The zero-order chi connectivity index (χ0) is 14.8. The van der Waals surface area contributed by atoms with E-state index in [1.165, 1.54) is 12.1 Å². The highest BCUT2D eigenvalue weighted by atomic mass is 19.1. The second-order valence-electron chi connectivity index (χ2n) is 5.00. The summed E-state index contributed by atoms with van der Waals surface area (Å²) in [5.74, 6) is -0.279. The van der Waals surface area contributed by atoms with Gasteiger partial charge in [-0.25, -0.2) is 9.07 Å². The first-order chi connectivity index (χ1) is 10.1. The van der Waals surface area contributed by atoms with Gasteiger partial charge in [-0.3, -0.25) is 9.89 Å². The van der Waals surface area contributed by atoms with E-state index in [0.29, 0.717) is 12.1 Å². The molecule has 1 aromatic heterocycles. The Labute approximate surface area is 121 Å². The average molecular weight is 282 g/mol. The lowest BCUT2D eigenvalue weighted by Crippen LogP contribution is -2.18. The number of halogens is 1. The monoisotopic (exact) mass is 282 g/mol. The maximum atomic E-state index is 12.9. The third kappa shape index (κ3) is 2.65. The molecule has 0 saturated carbocycles. The lowest BCUT2D eigenvalue weighted by atomic mass is 10.1. The van der Waals surface area contributed by atoms with Crippen molar-refractivity contribution in [2.45, 2.75) is 13.5 Å². The Kier molecular flexibility index (Phi) is 3.44. The first kappa shape index (κ1) is 13.4. The Bertz CT molecular complexity index is 801. The number of aromatic amines is 1. The van der Waals surface area contributed by atoms with Gasteiger partial charge in [0, 0.05) is 5.69 Å². The maximum absolute atomic E-state index is 12.9. The van der Waals surface area contributed by atoms with Crippen LogP contribution in [0.15, 0.2) is 59.4 Å². The maximum Gasteiger partial charge on any atom is 0.274 e. The lowest BCUT2D eigenvalue weighted by Gasteiger charge is -2.01. The van der Waals surface area contributed by atoms with Gasteiger partial charge in [0.25, 0.3) is 5.56 Å². The molecule has 106 valence electrons. The average Bonchev–Trinajstić information content (AvgIpc) is 2.77. The summed E-state index contributed by atoms with van der Waals surface area (Å²) in [7, 11) is 0. The van der Waals surface area contributed by atoms with Crippen LogP contribution in [0.1, 0.15) is 11.3 Å². The predicted octanol–water partition coefficient (Wildman–Crippen LogP) is 3.34. The van der Waals surface area contributed by atoms with E-state index in [0.717, 1.165) is 16.8 Å². The molecule has 21 heavy (non-hydrogen) atoms. The number of hydrogen-bond donors (Lipinski definition) is 1. The van der Waals surface area contributed by atoms with Crippen LogP contribution in [0.5, 0.6) is 0 Å². The van der Waals surface area contributed by atoms with Gasteiger partial charge in [-0.05, 0) is 30.2 Å². The van der Waals surface area contributed by atoms with Gasteiger partial charge in [-0.1, -0.05) is 42.5 Å². The van der Waals surface area contributed by atoms with Crippen LogP contribution in [0.25, 0.3) is 11.1 Å². The molecule has 0 unspecified atom stereocenters. The van der Waals surface area contributed by atoms with Gasteiger partial charge in [0.05, 0.1) is 12.1 Å². The number of nitrogens with zero attached hydrogens (tertiary/aromatic N) is 1. The van der Waals surface area contributed by atoms with Gasteiger partial charge in [-0.2, -0.15) is 0 Å². The van der Waals surface area contributed by atoms with Crippen LogP contribution in [0, 0.1) is 12.7 Å². The van der Waals surface area contributed by atoms with Gasteiger partial charge in [0.15, 0.2) is 0 Å². The zero-order valence-electron chi connectivity index (χ0n) is 11.6. The molecule has 0 aliphatic heterocycles. The molecular formula is C17H15FN2O. The fourth-order valence-corrected chi connectivity index (χ4v) is 2.43. The number of rotatable bonds is 3. The van der Waals surface area contributed by atoms with E-state index in [2.05, 4.69) is 5.10 Å². The van der Waals surface area contributed by atoms with E-state index in [9.17, 15) is 9.18 Å². The van der Waals surface area contributed by atoms with Crippen molar-refractivity contribution in [3.05, 3.63) is 82.0 Å². The molecule has 0 bridgehead atoms. The lowest BCUT2D eigenvalue weighted by molar-refractivity contribution is 0.622. The fourth-order valence-electron chi connectivity index (χ4n) is 2.43. The Morgan fingerprint density at radius 2 is 1.71 bits per heavy atom. The number of nitrogens with one attached hydrogen (secondary N) is 1. The van der Waals surface area contributed by atoms with Crippen molar-refractivity contribution in [3.8, 4) is 11.1 Å². The van der Waals surface area contributed by atoms with Crippen LogP contribution in [-0.2, 0) is 6.54 Å². The summed E-state index contributed by atoms with van der Waals surface area (Å²) < 4.78 is 14.5. The predicted molar refractivity (Wildman–Crippen MR) is 80.7 cm³/mol. The second kappa shape index (κ2) is 5.40. The van der Waals surface area contributed by atoms with Crippen LogP contribution >= 0.6 is 0 Å². The Balaban J connectivity index is 1.99. The molecular weight excluding hydrogens is 267 g/mol. The van der Waals surface area contributed by atoms with Crippen LogP contribution in [0.2, 0.25) is 0 Å². The standard InChI is InChI=1S/C17H15FN2O/c1-12-16(14-5-3-2-4-6-14)17(21)20(19-12)11-13-7-9-15(18)10-8-13/h2-10,19H,11H2,1H3. The Morgan fingerprint density at radius 3 is 2.38 bits per heavy atom. The molecule has 3 aromatic rings. The summed E-state index contributed by atoms with van der Waals surface area (Å²) in [5, 5.41) is 3.08. The minimum atomic E-state index is -0.279. The van der Waals surface area contributed by atoms with Gasteiger partial charge in [0.2, 0.25) is 0 Å². The molecule has 0 aliphatic carbocycles. The van der Waals surface area contributed by atoms with E-state index in [1.54, 1.807) is 16.8 Å². The molecule has 4 heteroatoms. The molecule has 1 heterocycles.